The molecule has 0 aliphatic carbocycles. The lowest BCUT2D eigenvalue weighted by Crippen LogP contribution is -2.35. The number of carbonyl (C=O) groups is 3. The van der Waals surface area contributed by atoms with Gasteiger partial charge in [0.25, 0.3) is 11.8 Å². The van der Waals surface area contributed by atoms with E-state index >= 15 is 0 Å². The number of nitrogens with zero attached hydrogens (tertiary/aromatic N) is 2. The Labute approximate surface area is 122 Å². The average Bonchev–Trinajstić information content (AvgIpc) is 2.63. The van der Waals surface area contributed by atoms with Crippen molar-refractivity contribution in [1.82, 2.24) is 9.88 Å². The number of pyridine rings is 1. The van der Waals surface area contributed by atoms with Gasteiger partial charge in [0.15, 0.2) is 0 Å². The van der Waals surface area contributed by atoms with Crippen molar-refractivity contribution in [3.8, 4) is 0 Å². The number of imide groups is 1. The molecule has 1 aliphatic heterocycles. The van der Waals surface area contributed by atoms with Gasteiger partial charge in [-0.3, -0.25) is 24.3 Å². The zero-order chi connectivity index (χ0) is 15.6. The van der Waals surface area contributed by atoms with Crippen molar-refractivity contribution in [2.24, 2.45) is 11.8 Å². The van der Waals surface area contributed by atoms with E-state index in [1.54, 1.807) is 0 Å². The molecule has 0 radical (unpaired) electrons. The minimum absolute atomic E-state index is 0.0518. The SMILES string of the molecule is CC(C)CC(CC(=O)O)CN1C(=O)c2ccncc2C1=O. The largest absolute Gasteiger partial charge is 0.481 e. The topological polar surface area (TPSA) is 87.6 Å². The number of carboxylic acid groups (broad SMARTS) is 1. The summed E-state index contributed by atoms with van der Waals surface area (Å²) in [6, 6.07) is 1.52. The Morgan fingerprint density at radius 1 is 1.29 bits per heavy atom. The van der Waals surface area contributed by atoms with Gasteiger partial charge in [-0.1, -0.05) is 13.8 Å². The monoisotopic (exact) mass is 290 g/mol. The molecule has 2 heterocycles. The predicted octanol–water partition coefficient (Wildman–Crippen LogP) is 1.81. The van der Waals surface area contributed by atoms with Crippen LogP contribution in [0, 0.1) is 11.8 Å². The lowest BCUT2D eigenvalue weighted by molar-refractivity contribution is -0.138. The van der Waals surface area contributed by atoms with Gasteiger partial charge >= 0.3 is 5.97 Å². The summed E-state index contributed by atoms with van der Waals surface area (Å²) in [4.78, 5) is 40.4. The molecule has 2 rings (SSSR count). The first-order valence-corrected chi connectivity index (χ1v) is 6.92. The molecule has 6 nitrogen and oxygen atoms in total. The quantitative estimate of drug-likeness (QED) is 0.807. The number of aliphatic carboxylic acids is 1. The highest BCUT2D eigenvalue weighted by atomic mass is 16.4. The number of carboxylic acids is 1. The summed E-state index contributed by atoms with van der Waals surface area (Å²) in [6.07, 6.45) is 3.45. The first-order valence-electron chi connectivity index (χ1n) is 6.92. The van der Waals surface area contributed by atoms with Gasteiger partial charge < -0.3 is 5.11 Å². The van der Waals surface area contributed by atoms with Crippen molar-refractivity contribution in [3.63, 3.8) is 0 Å². The maximum atomic E-state index is 12.2. The molecule has 0 aromatic carbocycles. The number of fused-ring (bicyclic) bond motifs is 1. The normalized spacial score (nSPS) is 15.5. The fourth-order valence-electron chi connectivity index (χ4n) is 2.69. The summed E-state index contributed by atoms with van der Waals surface area (Å²) in [5, 5.41) is 8.98. The first-order chi connectivity index (χ1) is 9.90. The van der Waals surface area contributed by atoms with Gasteiger partial charge in [-0.25, -0.2) is 0 Å². The van der Waals surface area contributed by atoms with Gasteiger partial charge in [0, 0.05) is 25.4 Å². The predicted molar refractivity (Wildman–Crippen MR) is 74.8 cm³/mol. The van der Waals surface area contributed by atoms with Crippen LogP contribution < -0.4 is 0 Å². The van der Waals surface area contributed by atoms with E-state index < -0.39 is 5.97 Å². The second-order valence-corrected chi connectivity index (χ2v) is 5.74. The molecule has 0 fully saturated rings. The Bertz CT molecular complexity index is 548. The van der Waals surface area contributed by atoms with E-state index in [0.29, 0.717) is 23.5 Å². The van der Waals surface area contributed by atoms with Crippen molar-refractivity contribution < 1.29 is 19.5 Å². The Kier molecular flexibility index (Phi) is 4.35. The van der Waals surface area contributed by atoms with Gasteiger partial charge in [0.2, 0.25) is 0 Å². The number of hydrogen-bond donors (Lipinski definition) is 1. The van der Waals surface area contributed by atoms with Gasteiger partial charge in [-0.05, 0) is 24.3 Å². The van der Waals surface area contributed by atoms with Crippen LogP contribution in [0.1, 0.15) is 47.4 Å². The molecule has 6 heteroatoms. The molecule has 1 aliphatic rings. The molecule has 21 heavy (non-hydrogen) atoms. The summed E-state index contributed by atoms with van der Waals surface area (Å²) in [5.41, 5.74) is 0.634. The molecule has 1 aromatic rings. The average molecular weight is 290 g/mol. The molecular formula is C15H18N2O4. The van der Waals surface area contributed by atoms with Crippen molar-refractivity contribution in [2.75, 3.05) is 6.54 Å². The van der Waals surface area contributed by atoms with Crippen LogP contribution >= 0.6 is 0 Å². The van der Waals surface area contributed by atoms with Crippen molar-refractivity contribution in [3.05, 3.63) is 29.6 Å². The molecule has 0 bridgehead atoms. The van der Waals surface area contributed by atoms with E-state index in [1.807, 2.05) is 13.8 Å². The molecule has 1 N–H and O–H groups in total. The van der Waals surface area contributed by atoms with Crippen molar-refractivity contribution in [2.45, 2.75) is 26.7 Å². The Morgan fingerprint density at radius 3 is 2.52 bits per heavy atom. The van der Waals surface area contributed by atoms with E-state index in [-0.39, 0.29) is 30.7 Å². The van der Waals surface area contributed by atoms with Gasteiger partial charge in [-0.15, -0.1) is 0 Å². The van der Waals surface area contributed by atoms with Crippen LogP contribution in [0.15, 0.2) is 18.5 Å². The summed E-state index contributed by atoms with van der Waals surface area (Å²) in [5.74, 6) is -1.61. The van der Waals surface area contributed by atoms with Crippen molar-refractivity contribution in [1.29, 1.82) is 0 Å². The second-order valence-electron chi connectivity index (χ2n) is 5.74. The minimum Gasteiger partial charge on any atom is -0.481 e. The molecule has 0 saturated carbocycles. The lowest BCUT2D eigenvalue weighted by Gasteiger charge is -2.22. The van der Waals surface area contributed by atoms with E-state index in [2.05, 4.69) is 4.98 Å². The van der Waals surface area contributed by atoms with E-state index in [4.69, 9.17) is 5.11 Å². The summed E-state index contributed by atoms with van der Waals surface area (Å²) < 4.78 is 0. The van der Waals surface area contributed by atoms with Gasteiger partial charge in [0.1, 0.15) is 0 Å². The van der Waals surface area contributed by atoms with Crippen molar-refractivity contribution >= 4 is 17.8 Å². The summed E-state index contributed by atoms with van der Waals surface area (Å²) in [7, 11) is 0. The molecule has 0 saturated heterocycles. The molecule has 1 aromatic heterocycles. The highest BCUT2D eigenvalue weighted by Crippen LogP contribution is 2.25. The second kappa shape index (κ2) is 6.03. The first kappa shape index (κ1) is 15.2. The third-order valence-electron chi connectivity index (χ3n) is 3.48. The lowest BCUT2D eigenvalue weighted by atomic mass is 9.93. The Morgan fingerprint density at radius 2 is 1.95 bits per heavy atom. The van der Waals surface area contributed by atoms with E-state index in [9.17, 15) is 14.4 Å². The zero-order valence-corrected chi connectivity index (χ0v) is 12.1. The van der Waals surface area contributed by atoms with Gasteiger partial charge in [-0.2, -0.15) is 0 Å². The third-order valence-corrected chi connectivity index (χ3v) is 3.48. The molecule has 0 spiro atoms. The van der Waals surface area contributed by atoms with Crippen LogP contribution in [0.2, 0.25) is 0 Å². The number of aromatic nitrogens is 1. The molecule has 1 atom stereocenters. The van der Waals surface area contributed by atoms with Crippen LogP contribution in [-0.2, 0) is 4.79 Å². The van der Waals surface area contributed by atoms with Gasteiger partial charge in [0.05, 0.1) is 11.1 Å². The van der Waals surface area contributed by atoms with E-state index in [1.165, 1.54) is 18.5 Å². The number of amides is 2. The van der Waals surface area contributed by atoms with Crippen LogP contribution in [0.3, 0.4) is 0 Å². The molecule has 1 unspecified atom stereocenters. The summed E-state index contributed by atoms with van der Waals surface area (Å²) >= 11 is 0. The number of rotatable bonds is 6. The Hall–Kier alpha value is -2.24. The maximum Gasteiger partial charge on any atom is 0.303 e. The fraction of sp³-hybridized carbons (Fsp3) is 0.467. The number of hydrogen-bond acceptors (Lipinski definition) is 4. The fourth-order valence-corrected chi connectivity index (χ4v) is 2.69. The third kappa shape index (κ3) is 3.26. The highest BCUT2D eigenvalue weighted by molar-refractivity contribution is 6.21. The standard InChI is InChI=1S/C15H18N2O4/c1-9(2)5-10(6-13(18)19)8-17-14(20)11-3-4-16-7-12(11)15(17)21/h3-4,7,9-10H,5-6,8H2,1-2H3,(H,18,19). The van der Waals surface area contributed by atoms with Crippen LogP contribution in [-0.4, -0.2) is 39.3 Å². The highest BCUT2D eigenvalue weighted by Gasteiger charge is 2.37. The number of carbonyl (C=O) groups excluding carboxylic acids is 2. The summed E-state index contributed by atoms with van der Waals surface area (Å²) in [6.45, 7) is 4.11. The molecule has 2 amide bonds. The van der Waals surface area contributed by atoms with E-state index in [0.717, 1.165) is 4.90 Å². The molecular weight excluding hydrogens is 272 g/mol. The van der Waals surface area contributed by atoms with Crippen LogP contribution in [0.25, 0.3) is 0 Å². The van der Waals surface area contributed by atoms with Crippen LogP contribution in [0.4, 0.5) is 0 Å². The van der Waals surface area contributed by atoms with Crippen LogP contribution in [0.5, 0.6) is 0 Å². The zero-order valence-electron chi connectivity index (χ0n) is 12.1. The molecule has 112 valence electrons. The smallest absolute Gasteiger partial charge is 0.303 e. The Balaban J connectivity index is 2.17. The minimum atomic E-state index is -0.918. The maximum absolute atomic E-state index is 12.2.